The van der Waals surface area contributed by atoms with Crippen LogP contribution in [0.3, 0.4) is 0 Å². The van der Waals surface area contributed by atoms with Crippen molar-refractivity contribution in [1.29, 1.82) is 0 Å². The van der Waals surface area contributed by atoms with Crippen LogP contribution in [0.1, 0.15) is 10.4 Å². The lowest BCUT2D eigenvalue weighted by atomic mass is 9.97. The monoisotopic (exact) mass is 384 g/mol. The number of para-hydroxylation sites is 1. The van der Waals surface area contributed by atoms with E-state index in [1.165, 1.54) is 17.0 Å². The molecule has 0 bridgehead atoms. The number of nitrogens with one attached hydrogen (secondary N) is 1. The van der Waals surface area contributed by atoms with Crippen LogP contribution in [0.5, 0.6) is 0 Å². The summed E-state index contributed by atoms with van der Waals surface area (Å²) >= 11 is 0. The zero-order valence-corrected chi connectivity index (χ0v) is 14.4. The molecule has 1 N–H and O–H groups in total. The van der Waals surface area contributed by atoms with Gasteiger partial charge >= 0.3 is 5.63 Å². The van der Waals surface area contributed by atoms with Crippen LogP contribution >= 0.6 is 0 Å². The maximum absolute atomic E-state index is 13.3. The van der Waals surface area contributed by atoms with Crippen molar-refractivity contribution in [3.63, 3.8) is 0 Å². The van der Waals surface area contributed by atoms with Crippen molar-refractivity contribution >= 4 is 28.5 Å². The molecule has 8 heteroatoms. The molecule has 0 aliphatic carbocycles. The number of carbonyl (C=O) groups excluding carboxylic acids is 2. The first-order valence-corrected chi connectivity index (χ1v) is 8.50. The predicted octanol–water partition coefficient (Wildman–Crippen LogP) is 2.78. The third kappa shape index (κ3) is 3.24. The Morgan fingerprint density at radius 1 is 1.04 bits per heavy atom. The number of benzene rings is 2. The average molecular weight is 384 g/mol. The molecule has 1 aliphatic rings. The molecule has 0 unspecified atom stereocenters. The maximum Gasteiger partial charge on any atom is 0.360 e. The molecule has 0 saturated carbocycles. The molecule has 1 fully saturated rings. The van der Waals surface area contributed by atoms with Gasteiger partial charge < -0.3 is 14.6 Å². The SMILES string of the molecule is O=C(Nc1cc2ccccc2oc1=O)C1CN(C(=O)c2ccc(F)c(F)c2)C1. The topological polar surface area (TPSA) is 79.6 Å². The molecule has 2 amide bonds. The highest BCUT2D eigenvalue weighted by Crippen LogP contribution is 2.22. The fraction of sp³-hybridized carbons (Fsp3) is 0.150. The number of amides is 2. The van der Waals surface area contributed by atoms with Crippen LogP contribution in [0.15, 0.2) is 57.7 Å². The molecular formula is C20H14F2N2O4. The van der Waals surface area contributed by atoms with Crippen molar-refractivity contribution < 1.29 is 22.8 Å². The van der Waals surface area contributed by atoms with Crippen molar-refractivity contribution in [1.82, 2.24) is 4.90 Å². The zero-order chi connectivity index (χ0) is 19.8. The van der Waals surface area contributed by atoms with E-state index in [2.05, 4.69) is 5.32 Å². The highest BCUT2D eigenvalue weighted by atomic mass is 19.2. The van der Waals surface area contributed by atoms with E-state index >= 15 is 0 Å². The standard InChI is InChI=1S/C20H14F2N2O4/c21-14-6-5-12(7-15(14)22)19(26)24-9-13(10-24)18(25)23-16-8-11-3-1-2-4-17(11)28-20(16)27/h1-8,13H,9-10H2,(H,23,25). The van der Waals surface area contributed by atoms with Gasteiger partial charge in [0.25, 0.3) is 5.91 Å². The van der Waals surface area contributed by atoms with E-state index in [9.17, 15) is 23.2 Å². The first-order valence-electron chi connectivity index (χ1n) is 8.50. The Labute approximate surface area is 157 Å². The molecule has 2 aromatic carbocycles. The van der Waals surface area contributed by atoms with Crippen molar-refractivity contribution in [3.8, 4) is 0 Å². The Kier molecular flexibility index (Phi) is 4.38. The van der Waals surface area contributed by atoms with E-state index < -0.39 is 35.0 Å². The highest BCUT2D eigenvalue weighted by Gasteiger charge is 2.36. The number of hydrogen-bond donors (Lipinski definition) is 1. The zero-order valence-electron chi connectivity index (χ0n) is 14.4. The van der Waals surface area contributed by atoms with E-state index in [0.717, 1.165) is 12.1 Å². The molecule has 0 spiro atoms. The molecule has 0 atom stereocenters. The quantitative estimate of drug-likeness (QED) is 0.705. The minimum absolute atomic E-state index is 0.00734. The Hall–Kier alpha value is -3.55. The smallest absolute Gasteiger partial charge is 0.360 e. The third-order valence-electron chi connectivity index (χ3n) is 4.61. The Morgan fingerprint density at radius 3 is 2.54 bits per heavy atom. The lowest BCUT2D eigenvalue weighted by molar-refractivity contribution is -0.123. The van der Waals surface area contributed by atoms with Gasteiger partial charge in [0.05, 0.1) is 5.92 Å². The first kappa shape index (κ1) is 17.8. The van der Waals surface area contributed by atoms with E-state index in [1.807, 2.05) is 0 Å². The van der Waals surface area contributed by atoms with Gasteiger partial charge in [0.2, 0.25) is 5.91 Å². The normalized spacial score (nSPS) is 14.0. The van der Waals surface area contributed by atoms with Crippen molar-refractivity contribution in [3.05, 3.63) is 76.1 Å². The number of nitrogens with zero attached hydrogens (tertiary/aromatic N) is 1. The summed E-state index contributed by atoms with van der Waals surface area (Å²) < 4.78 is 31.4. The number of hydrogen-bond acceptors (Lipinski definition) is 4. The number of likely N-dealkylation sites (tertiary alicyclic amines) is 1. The Bertz CT molecular complexity index is 1150. The van der Waals surface area contributed by atoms with Crippen LogP contribution in [-0.4, -0.2) is 29.8 Å². The number of carbonyl (C=O) groups is 2. The Balaban J connectivity index is 1.41. The van der Waals surface area contributed by atoms with Crippen LogP contribution in [0.4, 0.5) is 14.5 Å². The van der Waals surface area contributed by atoms with Gasteiger partial charge in [0.1, 0.15) is 11.3 Å². The minimum Gasteiger partial charge on any atom is -0.421 e. The number of rotatable bonds is 3. The average Bonchev–Trinajstić information content (AvgIpc) is 2.63. The molecule has 1 saturated heterocycles. The lowest BCUT2D eigenvalue weighted by Gasteiger charge is -2.38. The second-order valence-electron chi connectivity index (χ2n) is 6.51. The van der Waals surface area contributed by atoms with Gasteiger partial charge in [0, 0.05) is 24.0 Å². The van der Waals surface area contributed by atoms with Crippen molar-refractivity contribution in [2.75, 3.05) is 18.4 Å². The minimum atomic E-state index is -1.11. The van der Waals surface area contributed by atoms with Crippen LogP contribution in [-0.2, 0) is 4.79 Å². The summed E-state index contributed by atoms with van der Waals surface area (Å²) in [4.78, 5) is 38.0. The molecule has 2 heterocycles. The van der Waals surface area contributed by atoms with E-state index in [-0.39, 0.29) is 24.3 Å². The summed E-state index contributed by atoms with van der Waals surface area (Å²) in [5.74, 6) is -3.57. The van der Waals surface area contributed by atoms with Crippen LogP contribution in [0, 0.1) is 17.6 Å². The predicted molar refractivity (Wildman–Crippen MR) is 96.9 cm³/mol. The summed E-state index contributed by atoms with van der Waals surface area (Å²) in [5, 5.41) is 3.20. The van der Waals surface area contributed by atoms with Crippen LogP contribution in [0.2, 0.25) is 0 Å². The molecule has 142 valence electrons. The van der Waals surface area contributed by atoms with Gasteiger partial charge in [0.15, 0.2) is 11.6 Å². The largest absolute Gasteiger partial charge is 0.421 e. The highest BCUT2D eigenvalue weighted by molar-refractivity contribution is 5.99. The first-order chi connectivity index (χ1) is 13.4. The molecule has 3 aromatic rings. The van der Waals surface area contributed by atoms with E-state index in [4.69, 9.17) is 4.42 Å². The summed E-state index contributed by atoms with van der Waals surface area (Å²) in [7, 11) is 0. The van der Waals surface area contributed by atoms with Crippen LogP contribution in [0.25, 0.3) is 11.0 Å². The van der Waals surface area contributed by atoms with E-state index in [0.29, 0.717) is 11.0 Å². The van der Waals surface area contributed by atoms with Crippen molar-refractivity contribution in [2.45, 2.75) is 0 Å². The third-order valence-corrected chi connectivity index (χ3v) is 4.61. The molecule has 6 nitrogen and oxygen atoms in total. The van der Waals surface area contributed by atoms with Crippen LogP contribution < -0.4 is 10.9 Å². The summed E-state index contributed by atoms with van der Waals surface area (Å²) in [6.45, 7) is 0.227. The molecular weight excluding hydrogens is 370 g/mol. The van der Waals surface area contributed by atoms with Gasteiger partial charge in [-0.15, -0.1) is 0 Å². The number of halogens is 2. The summed E-state index contributed by atoms with van der Waals surface area (Å²) in [5.41, 5.74) is -0.222. The van der Waals surface area contributed by atoms with Gasteiger partial charge in [-0.1, -0.05) is 18.2 Å². The molecule has 1 aliphatic heterocycles. The second kappa shape index (κ2) is 6.88. The van der Waals surface area contributed by atoms with E-state index in [1.54, 1.807) is 24.3 Å². The molecule has 4 rings (SSSR count). The Morgan fingerprint density at radius 2 is 1.79 bits per heavy atom. The van der Waals surface area contributed by atoms with Gasteiger partial charge in [-0.25, -0.2) is 13.6 Å². The number of fused-ring (bicyclic) bond motifs is 1. The second-order valence-corrected chi connectivity index (χ2v) is 6.51. The number of anilines is 1. The molecule has 0 radical (unpaired) electrons. The molecule has 28 heavy (non-hydrogen) atoms. The summed E-state index contributed by atoms with van der Waals surface area (Å²) in [6.07, 6.45) is 0. The van der Waals surface area contributed by atoms with Gasteiger partial charge in [-0.3, -0.25) is 9.59 Å². The van der Waals surface area contributed by atoms with Gasteiger partial charge in [-0.05, 0) is 30.3 Å². The summed E-state index contributed by atoms with van der Waals surface area (Å²) in [6, 6.07) is 11.3. The fourth-order valence-electron chi connectivity index (χ4n) is 3.01. The maximum atomic E-state index is 13.3. The van der Waals surface area contributed by atoms with Crippen molar-refractivity contribution in [2.24, 2.45) is 5.92 Å². The lowest BCUT2D eigenvalue weighted by Crippen LogP contribution is -2.54. The van der Waals surface area contributed by atoms with Gasteiger partial charge in [-0.2, -0.15) is 0 Å². The fourth-order valence-corrected chi connectivity index (χ4v) is 3.01. The molecule has 1 aromatic heterocycles.